The summed E-state index contributed by atoms with van der Waals surface area (Å²) in [6.45, 7) is 0. The lowest BCUT2D eigenvalue weighted by Crippen LogP contribution is -1.81. The summed E-state index contributed by atoms with van der Waals surface area (Å²) in [5, 5.41) is 0. The van der Waals surface area contributed by atoms with Gasteiger partial charge in [-0.2, -0.15) is 0 Å². The van der Waals surface area contributed by atoms with Crippen molar-refractivity contribution in [2.24, 2.45) is 9.98 Å². The van der Waals surface area contributed by atoms with Crippen molar-refractivity contribution < 1.29 is 0 Å². The minimum atomic E-state index is 1.14. The Hall–Kier alpha value is -1.70. The standard InChI is InChI=1S/C10H8N2/c1-5-11-7-3-10-4-8-12-6-2-9(1)10/h1-8H. The normalized spacial score (nSPS) is 19.3. The molecule has 0 amide bonds. The second kappa shape index (κ2) is 3.13. The van der Waals surface area contributed by atoms with Gasteiger partial charge >= 0.3 is 0 Å². The molecule has 0 aliphatic carbocycles. The minimum Gasteiger partial charge on any atom is -0.265 e. The van der Waals surface area contributed by atoms with Crippen molar-refractivity contribution >= 4 is 12.4 Å². The van der Waals surface area contributed by atoms with Gasteiger partial charge in [0.05, 0.1) is 0 Å². The fourth-order valence-electron chi connectivity index (χ4n) is 1.09. The highest BCUT2D eigenvalue weighted by Gasteiger charge is 1.99. The van der Waals surface area contributed by atoms with E-state index >= 15 is 0 Å². The van der Waals surface area contributed by atoms with Gasteiger partial charge in [0.2, 0.25) is 0 Å². The number of aliphatic imine (C=N–C) groups is 2. The molecule has 0 N–H and O–H groups in total. The molecule has 0 radical (unpaired) electrons. The number of hydrogen-bond acceptors (Lipinski definition) is 2. The molecule has 2 rings (SSSR count). The third kappa shape index (κ3) is 1.32. The van der Waals surface area contributed by atoms with Gasteiger partial charge in [-0.3, -0.25) is 9.98 Å². The highest BCUT2D eigenvalue weighted by molar-refractivity contribution is 5.82. The zero-order valence-electron chi connectivity index (χ0n) is 6.51. The average molecular weight is 156 g/mol. The van der Waals surface area contributed by atoms with Gasteiger partial charge < -0.3 is 0 Å². The van der Waals surface area contributed by atoms with Crippen LogP contribution in [-0.4, -0.2) is 12.4 Å². The van der Waals surface area contributed by atoms with Crippen molar-refractivity contribution in [2.75, 3.05) is 0 Å². The smallest absolute Gasteiger partial charge is 0.0273 e. The zero-order chi connectivity index (χ0) is 8.23. The first-order chi connectivity index (χ1) is 5.97. The molecule has 0 aromatic heterocycles. The third-order valence-electron chi connectivity index (χ3n) is 1.69. The van der Waals surface area contributed by atoms with E-state index in [1.54, 1.807) is 24.8 Å². The van der Waals surface area contributed by atoms with E-state index in [4.69, 9.17) is 0 Å². The second-order valence-electron chi connectivity index (χ2n) is 2.47. The molecule has 2 nitrogen and oxygen atoms in total. The summed E-state index contributed by atoms with van der Waals surface area (Å²) in [6, 6.07) is 0. The Balaban J connectivity index is 2.49. The van der Waals surface area contributed by atoms with Crippen LogP contribution < -0.4 is 0 Å². The molecule has 2 heterocycles. The van der Waals surface area contributed by atoms with Crippen LogP contribution in [0.1, 0.15) is 0 Å². The molecule has 2 aliphatic heterocycles. The van der Waals surface area contributed by atoms with Crippen LogP contribution in [0.3, 0.4) is 0 Å². The molecule has 0 spiro atoms. The lowest BCUT2D eigenvalue weighted by molar-refractivity contribution is 1.54. The molecule has 58 valence electrons. The summed E-state index contributed by atoms with van der Waals surface area (Å²) in [7, 11) is 0. The van der Waals surface area contributed by atoms with Gasteiger partial charge in [0, 0.05) is 24.8 Å². The molecule has 0 unspecified atom stereocenters. The number of fused-ring (bicyclic) bond motifs is 1. The Labute approximate surface area is 71.0 Å². The number of nitrogens with zero attached hydrogens (tertiary/aromatic N) is 2. The maximum Gasteiger partial charge on any atom is 0.0273 e. The number of hydrogen-bond donors (Lipinski definition) is 0. The van der Waals surface area contributed by atoms with Crippen molar-refractivity contribution in [1.29, 1.82) is 0 Å². The maximum atomic E-state index is 4.02. The summed E-state index contributed by atoms with van der Waals surface area (Å²) in [5.74, 6) is 0. The molecule has 0 atom stereocenters. The first-order valence-corrected chi connectivity index (χ1v) is 3.77. The molecule has 2 heteroatoms. The highest BCUT2D eigenvalue weighted by Crippen LogP contribution is 2.15. The fraction of sp³-hybridized carbons (Fsp3) is 0. The molecule has 0 aromatic carbocycles. The van der Waals surface area contributed by atoms with E-state index in [9.17, 15) is 0 Å². The molecule has 2 aliphatic rings. The molecule has 12 heavy (non-hydrogen) atoms. The molecule has 0 saturated carbocycles. The lowest BCUT2D eigenvalue weighted by Gasteiger charge is -1.96. The average Bonchev–Trinajstić information content (AvgIpc) is 2.38. The van der Waals surface area contributed by atoms with E-state index in [0.29, 0.717) is 0 Å². The van der Waals surface area contributed by atoms with Crippen molar-refractivity contribution in [3.05, 3.63) is 47.9 Å². The van der Waals surface area contributed by atoms with Gasteiger partial charge in [0.15, 0.2) is 0 Å². The summed E-state index contributed by atoms with van der Waals surface area (Å²) >= 11 is 0. The van der Waals surface area contributed by atoms with Crippen LogP contribution in [-0.2, 0) is 0 Å². The Morgan fingerprint density at radius 2 is 1.25 bits per heavy atom. The van der Waals surface area contributed by atoms with E-state index < -0.39 is 0 Å². The highest BCUT2D eigenvalue weighted by atomic mass is 14.7. The van der Waals surface area contributed by atoms with Gasteiger partial charge in [0.1, 0.15) is 0 Å². The van der Waals surface area contributed by atoms with E-state index in [0.717, 1.165) is 11.1 Å². The van der Waals surface area contributed by atoms with Gasteiger partial charge in [0.25, 0.3) is 0 Å². The van der Waals surface area contributed by atoms with Crippen LogP contribution in [0.5, 0.6) is 0 Å². The fourth-order valence-corrected chi connectivity index (χ4v) is 1.09. The van der Waals surface area contributed by atoms with Crippen molar-refractivity contribution in [3.8, 4) is 0 Å². The molecular formula is C10H8N2. The molecular weight excluding hydrogens is 148 g/mol. The lowest BCUT2D eigenvalue weighted by atomic mass is 10.1. The minimum absolute atomic E-state index is 1.14. The van der Waals surface area contributed by atoms with Crippen LogP contribution in [0.25, 0.3) is 0 Å². The molecule has 0 saturated heterocycles. The van der Waals surface area contributed by atoms with E-state index in [2.05, 4.69) is 9.98 Å². The van der Waals surface area contributed by atoms with E-state index in [-0.39, 0.29) is 0 Å². The Kier molecular flexibility index (Phi) is 1.82. The Morgan fingerprint density at radius 1 is 0.750 bits per heavy atom. The van der Waals surface area contributed by atoms with E-state index in [1.807, 2.05) is 24.3 Å². The first-order valence-electron chi connectivity index (χ1n) is 3.77. The third-order valence-corrected chi connectivity index (χ3v) is 1.69. The topological polar surface area (TPSA) is 24.7 Å². The Bertz CT molecular complexity index is 316. The Morgan fingerprint density at radius 3 is 1.75 bits per heavy atom. The van der Waals surface area contributed by atoms with Crippen LogP contribution in [0.4, 0.5) is 0 Å². The SMILES string of the molecule is C1=CC2=CC=NC=CC2=CC=N1. The summed E-state index contributed by atoms with van der Waals surface area (Å²) in [5.41, 5.74) is 2.29. The van der Waals surface area contributed by atoms with Crippen LogP contribution in [0.15, 0.2) is 57.8 Å². The summed E-state index contributed by atoms with van der Waals surface area (Å²) in [6.07, 6.45) is 15.0. The first kappa shape index (κ1) is 6.98. The molecule has 0 fully saturated rings. The van der Waals surface area contributed by atoms with Gasteiger partial charge in [-0.05, 0) is 35.5 Å². The monoisotopic (exact) mass is 156 g/mol. The molecule has 0 bridgehead atoms. The molecule has 0 aromatic rings. The quantitative estimate of drug-likeness (QED) is 0.512. The van der Waals surface area contributed by atoms with Crippen LogP contribution in [0.2, 0.25) is 0 Å². The predicted octanol–water partition coefficient (Wildman–Crippen LogP) is 2.04. The van der Waals surface area contributed by atoms with Crippen molar-refractivity contribution in [1.82, 2.24) is 0 Å². The van der Waals surface area contributed by atoms with Gasteiger partial charge in [-0.1, -0.05) is 0 Å². The van der Waals surface area contributed by atoms with Gasteiger partial charge in [-0.15, -0.1) is 0 Å². The van der Waals surface area contributed by atoms with Crippen molar-refractivity contribution in [3.63, 3.8) is 0 Å². The van der Waals surface area contributed by atoms with E-state index in [1.165, 1.54) is 0 Å². The summed E-state index contributed by atoms with van der Waals surface area (Å²) < 4.78 is 0. The largest absolute Gasteiger partial charge is 0.265 e. The van der Waals surface area contributed by atoms with Gasteiger partial charge in [-0.25, -0.2) is 0 Å². The number of rotatable bonds is 0. The van der Waals surface area contributed by atoms with Crippen LogP contribution in [0, 0.1) is 0 Å². The maximum absolute atomic E-state index is 4.02. The van der Waals surface area contributed by atoms with Crippen LogP contribution >= 0.6 is 0 Å². The summed E-state index contributed by atoms with van der Waals surface area (Å²) in [4.78, 5) is 8.05. The number of allylic oxidation sites excluding steroid dienone is 6. The zero-order valence-corrected chi connectivity index (χ0v) is 6.51. The predicted molar refractivity (Wildman–Crippen MR) is 51.4 cm³/mol. The second-order valence-corrected chi connectivity index (χ2v) is 2.47. The van der Waals surface area contributed by atoms with Crippen molar-refractivity contribution in [2.45, 2.75) is 0 Å².